The molecule has 0 aliphatic carbocycles. The van der Waals surface area contributed by atoms with E-state index in [0.29, 0.717) is 0 Å². The molecule has 0 radical (unpaired) electrons. The van der Waals surface area contributed by atoms with Crippen molar-refractivity contribution >= 4 is 5.78 Å². The average Bonchev–Trinajstić information content (AvgIpc) is 2.09. The average molecular weight is 198 g/mol. The molecule has 0 aliphatic rings. The van der Waals surface area contributed by atoms with E-state index in [1.807, 2.05) is 6.08 Å². The van der Waals surface area contributed by atoms with Crippen molar-refractivity contribution < 1.29 is 9.90 Å². The molecule has 0 amide bonds. The van der Waals surface area contributed by atoms with Gasteiger partial charge in [-0.25, -0.2) is 0 Å². The van der Waals surface area contributed by atoms with Gasteiger partial charge in [0.15, 0.2) is 5.78 Å². The maximum absolute atomic E-state index is 11.2. The second-order valence-electron chi connectivity index (χ2n) is 4.17. The molecule has 0 aromatic rings. The van der Waals surface area contributed by atoms with E-state index in [0.717, 1.165) is 12.8 Å². The van der Waals surface area contributed by atoms with Crippen molar-refractivity contribution in [3.05, 3.63) is 12.2 Å². The van der Waals surface area contributed by atoms with Crippen molar-refractivity contribution in [3.63, 3.8) is 0 Å². The highest BCUT2D eigenvalue weighted by Crippen LogP contribution is 2.06. The van der Waals surface area contributed by atoms with Gasteiger partial charge in [-0.3, -0.25) is 4.79 Å². The molecule has 82 valence electrons. The minimum Gasteiger partial charge on any atom is -0.382 e. The Morgan fingerprint density at radius 3 is 2.43 bits per heavy atom. The fourth-order valence-corrected chi connectivity index (χ4v) is 1.08. The van der Waals surface area contributed by atoms with Crippen LogP contribution in [0.5, 0.6) is 0 Å². The van der Waals surface area contributed by atoms with Crippen molar-refractivity contribution in [1.82, 2.24) is 0 Å². The van der Waals surface area contributed by atoms with E-state index >= 15 is 0 Å². The highest BCUT2D eigenvalue weighted by atomic mass is 16.3. The number of rotatable bonds is 7. The molecule has 0 saturated carbocycles. The first-order valence-electron chi connectivity index (χ1n) is 5.42. The smallest absolute Gasteiger partial charge is 0.186 e. The molecular weight excluding hydrogens is 176 g/mol. The third kappa shape index (κ3) is 6.84. The first-order chi connectivity index (χ1) is 6.48. The van der Waals surface area contributed by atoms with Gasteiger partial charge in [-0.05, 0) is 32.8 Å². The van der Waals surface area contributed by atoms with Crippen LogP contribution in [-0.4, -0.2) is 16.5 Å². The second kappa shape index (κ2) is 6.77. The molecule has 0 rings (SSSR count). The molecule has 0 atom stereocenters. The highest BCUT2D eigenvalue weighted by molar-refractivity contribution is 5.95. The standard InChI is InChI=1S/C12H22O2/c1-4-5-6-7-8-9-10-11(13)12(2,3)14/h9-10,14H,4-8H2,1-3H3. The maximum atomic E-state index is 11.2. The SMILES string of the molecule is CCCCCCC=CC(=O)C(C)(C)O. The number of unbranched alkanes of at least 4 members (excludes halogenated alkanes) is 4. The van der Waals surface area contributed by atoms with Crippen LogP contribution in [0.1, 0.15) is 52.9 Å². The number of ketones is 1. The number of carbonyl (C=O) groups is 1. The van der Waals surface area contributed by atoms with Gasteiger partial charge in [0.1, 0.15) is 5.60 Å². The third-order valence-corrected chi connectivity index (χ3v) is 2.10. The summed E-state index contributed by atoms with van der Waals surface area (Å²) >= 11 is 0. The largest absolute Gasteiger partial charge is 0.382 e. The minimum atomic E-state index is -1.22. The Labute approximate surface area is 87.0 Å². The molecule has 0 saturated heterocycles. The monoisotopic (exact) mass is 198 g/mol. The number of hydrogen-bond acceptors (Lipinski definition) is 2. The predicted molar refractivity (Wildman–Crippen MR) is 59.2 cm³/mol. The van der Waals surface area contributed by atoms with E-state index in [1.54, 1.807) is 0 Å². The summed E-state index contributed by atoms with van der Waals surface area (Å²) in [5.74, 6) is -0.215. The summed E-state index contributed by atoms with van der Waals surface area (Å²) in [6.07, 6.45) is 9.12. The van der Waals surface area contributed by atoms with Gasteiger partial charge in [0.05, 0.1) is 0 Å². The van der Waals surface area contributed by atoms with Gasteiger partial charge in [-0.2, -0.15) is 0 Å². The molecular formula is C12H22O2. The van der Waals surface area contributed by atoms with Crippen LogP contribution in [0.4, 0.5) is 0 Å². The first kappa shape index (κ1) is 13.4. The van der Waals surface area contributed by atoms with Gasteiger partial charge in [0, 0.05) is 0 Å². The topological polar surface area (TPSA) is 37.3 Å². The quantitative estimate of drug-likeness (QED) is 0.504. The van der Waals surface area contributed by atoms with Crippen LogP contribution in [0.3, 0.4) is 0 Å². The highest BCUT2D eigenvalue weighted by Gasteiger charge is 2.20. The zero-order valence-corrected chi connectivity index (χ0v) is 9.55. The zero-order chi connectivity index (χ0) is 11.0. The van der Waals surface area contributed by atoms with E-state index in [4.69, 9.17) is 0 Å². The molecule has 0 bridgehead atoms. The van der Waals surface area contributed by atoms with E-state index in [1.165, 1.54) is 39.2 Å². The number of hydrogen-bond donors (Lipinski definition) is 1. The Morgan fingerprint density at radius 1 is 1.29 bits per heavy atom. The lowest BCUT2D eigenvalue weighted by molar-refractivity contribution is -0.128. The molecule has 0 unspecified atom stereocenters. The van der Waals surface area contributed by atoms with Crippen molar-refractivity contribution in [1.29, 1.82) is 0 Å². The number of aliphatic hydroxyl groups is 1. The summed E-state index contributed by atoms with van der Waals surface area (Å²) < 4.78 is 0. The van der Waals surface area contributed by atoms with E-state index in [-0.39, 0.29) is 5.78 Å². The number of carbonyl (C=O) groups excluding carboxylic acids is 1. The molecule has 0 spiro atoms. The third-order valence-electron chi connectivity index (χ3n) is 2.10. The van der Waals surface area contributed by atoms with E-state index in [9.17, 15) is 9.90 Å². The Balaban J connectivity index is 3.58. The summed E-state index contributed by atoms with van der Waals surface area (Å²) in [6.45, 7) is 5.20. The molecule has 14 heavy (non-hydrogen) atoms. The normalized spacial score (nSPS) is 12.3. The van der Waals surface area contributed by atoms with Gasteiger partial charge in [-0.1, -0.05) is 32.3 Å². The predicted octanol–water partition coefficient (Wildman–Crippen LogP) is 2.85. The van der Waals surface area contributed by atoms with Crippen LogP contribution in [0.2, 0.25) is 0 Å². The van der Waals surface area contributed by atoms with Crippen LogP contribution in [-0.2, 0) is 4.79 Å². The van der Waals surface area contributed by atoms with Crippen LogP contribution in [0.25, 0.3) is 0 Å². The lowest BCUT2D eigenvalue weighted by Crippen LogP contribution is -2.29. The van der Waals surface area contributed by atoms with E-state index in [2.05, 4.69) is 6.92 Å². The minimum absolute atomic E-state index is 0.215. The molecule has 2 nitrogen and oxygen atoms in total. The van der Waals surface area contributed by atoms with Crippen molar-refractivity contribution in [2.24, 2.45) is 0 Å². The molecule has 1 N–H and O–H groups in total. The summed E-state index contributed by atoms with van der Waals surface area (Å²) in [4.78, 5) is 11.2. The fraction of sp³-hybridized carbons (Fsp3) is 0.750. The van der Waals surface area contributed by atoms with Crippen molar-refractivity contribution in [2.75, 3.05) is 0 Å². The van der Waals surface area contributed by atoms with Gasteiger partial charge in [0.25, 0.3) is 0 Å². The van der Waals surface area contributed by atoms with Crippen molar-refractivity contribution in [3.8, 4) is 0 Å². The zero-order valence-electron chi connectivity index (χ0n) is 9.55. The molecule has 0 aliphatic heterocycles. The van der Waals surface area contributed by atoms with E-state index < -0.39 is 5.60 Å². The molecule has 0 aromatic heterocycles. The second-order valence-corrected chi connectivity index (χ2v) is 4.17. The Hall–Kier alpha value is -0.630. The van der Waals surface area contributed by atoms with Crippen LogP contribution in [0.15, 0.2) is 12.2 Å². The lowest BCUT2D eigenvalue weighted by atomic mass is 10.0. The van der Waals surface area contributed by atoms with Gasteiger partial charge < -0.3 is 5.11 Å². The Kier molecular flexibility index (Phi) is 6.46. The van der Waals surface area contributed by atoms with Crippen LogP contribution >= 0.6 is 0 Å². The molecule has 0 aromatic carbocycles. The number of allylic oxidation sites excluding steroid dienone is 1. The Morgan fingerprint density at radius 2 is 1.93 bits per heavy atom. The molecule has 0 heterocycles. The van der Waals surface area contributed by atoms with Gasteiger partial charge in [0.2, 0.25) is 0 Å². The van der Waals surface area contributed by atoms with Crippen molar-refractivity contribution in [2.45, 2.75) is 58.5 Å². The van der Waals surface area contributed by atoms with Crippen LogP contribution in [0, 0.1) is 0 Å². The summed E-state index contributed by atoms with van der Waals surface area (Å²) in [5, 5.41) is 9.33. The summed E-state index contributed by atoms with van der Waals surface area (Å²) in [6, 6.07) is 0. The summed E-state index contributed by atoms with van der Waals surface area (Å²) in [5.41, 5.74) is -1.22. The lowest BCUT2D eigenvalue weighted by Gasteiger charge is -2.11. The first-order valence-corrected chi connectivity index (χ1v) is 5.42. The fourth-order valence-electron chi connectivity index (χ4n) is 1.08. The maximum Gasteiger partial charge on any atom is 0.186 e. The van der Waals surface area contributed by atoms with Gasteiger partial charge in [-0.15, -0.1) is 0 Å². The van der Waals surface area contributed by atoms with Crippen LogP contribution < -0.4 is 0 Å². The summed E-state index contributed by atoms with van der Waals surface area (Å²) in [7, 11) is 0. The Bertz CT molecular complexity index is 187. The molecule has 0 fully saturated rings. The molecule has 2 heteroatoms. The van der Waals surface area contributed by atoms with Gasteiger partial charge >= 0.3 is 0 Å².